The van der Waals surface area contributed by atoms with Crippen LogP contribution in [0.15, 0.2) is 36.4 Å². The third-order valence-corrected chi connectivity index (χ3v) is 5.05. The molecule has 7 nitrogen and oxygen atoms in total. The molecule has 1 saturated heterocycles. The van der Waals surface area contributed by atoms with E-state index in [0.717, 1.165) is 37.4 Å². The van der Waals surface area contributed by atoms with Crippen molar-refractivity contribution in [1.82, 2.24) is 4.90 Å². The third-order valence-electron chi connectivity index (χ3n) is 4.73. The lowest BCUT2D eigenvalue weighted by atomic mass is 10.1. The molecule has 142 valence electrons. The van der Waals surface area contributed by atoms with Gasteiger partial charge in [0.1, 0.15) is 0 Å². The molecule has 1 N–H and O–H groups in total. The average Bonchev–Trinajstić information content (AvgIpc) is 2.63. The van der Waals surface area contributed by atoms with Crippen molar-refractivity contribution >= 4 is 34.6 Å². The highest BCUT2D eigenvalue weighted by molar-refractivity contribution is 6.34. The molecule has 0 spiro atoms. The van der Waals surface area contributed by atoms with E-state index in [9.17, 15) is 14.9 Å². The summed E-state index contributed by atoms with van der Waals surface area (Å²) in [5, 5.41) is 13.7. The summed E-state index contributed by atoms with van der Waals surface area (Å²) in [6.07, 6.45) is 0. The number of nitrogens with zero attached hydrogens (tertiary/aromatic N) is 3. The number of likely N-dealkylation sites (N-methyl/N-ethyl adjacent to an activating group) is 1. The number of piperazine rings is 1. The molecule has 0 unspecified atom stereocenters. The Morgan fingerprint density at radius 1 is 1.15 bits per heavy atom. The van der Waals surface area contributed by atoms with Crippen molar-refractivity contribution in [3.63, 3.8) is 0 Å². The smallest absolute Gasteiger partial charge is 0.270 e. The Bertz CT molecular complexity index is 879. The molecular weight excluding hydrogens is 368 g/mol. The minimum atomic E-state index is -0.547. The van der Waals surface area contributed by atoms with Crippen LogP contribution in [0.3, 0.4) is 0 Å². The van der Waals surface area contributed by atoms with Gasteiger partial charge in [-0.05, 0) is 43.8 Å². The first kappa shape index (κ1) is 19.1. The Morgan fingerprint density at radius 3 is 2.44 bits per heavy atom. The van der Waals surface area contributed by atoms with Crippen molar-refractivity contribution < 1.29 is 9.72 Å². The fourth-order valence-corrected chi connectivity index (χ4v) is 3.30. The van der Waals surface area contributed by atoms with Gasteiger partial charge in [0, 0.05) is 49.7 Å². The van der Waals surface area contributed by atoms with Gasteiger partial charge in [0.25, 0.3) is 11.6 Å². The quantitative estimate of drug-likeness (QED) is 0.640. The van der Waals surface area contributed by atoms with Crippen LogP contribution >= 0.6 is 11.6 Å². The Labute approximate surface area is 162 Å². The highest BCUT2D eigenvalue weighted by atomic mass is 35.5. The lowest BCUT2D eigenvalue weighted by molar-refractivity contribution is -0.384. The maximum Gasteiger partial charge on any atom is 0.270 e. The number of nitro groups is 1. The summed E-state index contributed by atoms with van der Waals surface area (Å²) in [6.45, 7) is 5.93. The standard InChI is InChI=1S/C19H21ClN4O3/c1-13-11-14(23-9-7-22(2)8-10-23)4-6-18(13)21-19(25)16-5-3-15(24(26)27)12-17(16)20/h3-6,11-12H,7-10H2,1-2H3,(H,21,25). The van der Waals surface area contributed by atoms with Crippen molar-refractivity contribution in [1.29, 1.82) is 0 Å². The monoisotopic (exact) mass is 388 g/mol. The normalized spacial score (nSPS) is 14.9. The van der Waals surface area contributed by atoms with Gasteiger partial charge in [0.2, 0.25) is 0 Å². The maximum atomic E-state index is 12.5. The second-order valence-electron chi connectivity index (χ2n) is 6.66. The fraction of sp³-hybridized carbons (Fsp3) is 0.316. The summed E-state index contributed by atoms with van der Waals surface area (Å²) < 4.78 is 0. The lowest BCUT2D eigenvalue weighted by Crippen LogP contribution is -2.44. The van der Waals surface area contributed by atoms with Gasteiger partial charge in [0.05, 0.1) is 15.5 Å². The van der Waals surface area contributed by atoms with Gasteiger partial charge in [-0.15, -0.1) is 0 Å². The molecule has 1 aliphatic rings. The first-order valence-electron chi connectivity index (χ1n) is 8.64. The minimum Gasteiger partial charge on any atom is -0.369 e. The van der Waals surface area contributed by atoms with Gasteiger partial charge < -0.3 is 15.1 Å². The number of aryl methyl sites for hydroxylation is 1. The molecule has 8 heteroatoms. The highest BCUT2D eigenvalue weighted by Gasteiger charge is 2.17. The van der Waals surface area contributed by atoms with E-state index in [1.165, 1.54) is 18.2 Å². The number of halogens is 1. The van der Waals surface area contributed by atoms with Gasteiger partial charge in [-0.2, -0.15) is 0 Å². The molecule has 0 atom stereocenters. The number of non-ortho nitro benzene ring substituents is 1. The Balaban J connectivity index is 1.74. The van der Waals surface area contributed by atoms with Crippen molar-refractivity contribution in [2.24, 2.45) is 0 Å². The first-order valence-corrected chi connectivity index (χ1v) is 9.02. The zero-order valence-corrected chi connectivity index (χ0v) is 16.0. The molecule has 1 fully saturated rings. The molecular formula is C19H21ClN4O3. The van der Waals surface area contributed by atoms with Crippen LogP contribution in [-0.2, 0) is 0 Å². The van der Waals surface area contributed by atoms with Crippen LogP contribution in [0.4, 0.5) is 17.1 Å². The number of nitrogens with one attached hydrogen (secondary N) is 1. The molecule has 0 aliphatic carbocycles. The first-order chi connectivity index (χ1) is 12.8. The summed E-state index contributed by atoms with van der Waals surface area (Å²) in [6, 6.07) is 9.73. The number of anilines is 2. The second kappa shape index (κ2) is 7.94. The summed E-state index contributed by atoms with van der Waals surface area (Å²) in [5.74, 6) is -0.398. The van der Waals surface area contributed by atoms with E-state index < -0.39 is 10.8 Å². The molecule has 2 aromatic rings. The number of carbonyl (C=O) groups is 1. The van der Waals surface area contributed by atoms with Crippen LogP contribution in [0, 0.1) is 17.0 Å². The predicted octanol–water partition coefficient (Wildman–Crippen LogP) is 3.56. The average molecular weight is 389 g/mol. The van der Waals surface area contributed by atoms with Gasteiger partial charge in [-0.25, -0.2) is 0 Å². The van der Waals surface area contributed by atoms with E-state index in [1.807, 2.05) is 19.1 Å². The zero-order valence-electron chi connectivity index (χ0n) is 15.2. The lowest BCUT2D eigenvalue weighted by Gasteiger charge is -2.34. The van der Waals surface area contributed by atoms with E-state index in [1.54, 1.807) is 0 Å². The molecule has 1 aliphatic heterocycles. The number of nitro benzene ring substituents is 1. The summed E-state index contributed by atoms with van der Waals surface area (Å²) in [5.41, 5.74) is 2.81. The van der Waals surface area contributed by atoms with Crippen LogP contribution in [0.25, 0.3) is 0 Å². The largest absolute Gasteiger partial charge is 0.369 e. The molecule has 0 radical (unpaired) electrons. The van der Waals surface area contributed by atoms with Crippen LogP contribution < -0.4 is 10.2 Å². The summed E-state index contributed by atoms with van der Waals surface area (Å²) in [4.78, 5) is 27.4. The van der Waals surface area contributed by atoms with Crippen molar-refractivity contribution in [2.45, 2.75) is 6.92 Å². The van der Waals surface area contributed by atoms with Crippen LogP contribution in [0.5, 0.6) is 0 Å². The Hall–Kier alpha value is -2.64. The number of hydrogen-bond acceptors (Lipinski definition) is 5. The van der Waals surface area contributed by atoms with Crippen molar-refractivity contribution in [3.8, 4) is 0 Å². The molecule has 1 heterocycles. The molecule has 0 bridgehead atoms. The topological polar surface area (TPSA) is 78.7 Å². The van der Waals surface area contributed by atoms with Gasteiger partial charge in [-0.3, -0.25) is 14.9 Å². The molecule has 0 aromatic heterocycles. The van der Waals surface area contributed by atoms with E-state index >= 15 is 0 Å². The van der Waals surface area contributed by atoms with E-state index in [4.69, 9.17) is 11.6 Å². The van der Waals surface area contributed by atoms with Crippen molar-refractivity contribution in [3.05, 3.63) is 62.7 Å². The molecule has 2 aromatic carbocycles. The third kappa shape index (κ3) is 4.37. The van der Waals surface area contributed by atoms with Gasteiger partial charge in [0.15, 0.2) is 0 Å². The SMILES string of the molecule is Cc1cc(N2CCN(C)CC2)ccc1NC(=O)c1ccc([N+](=O)[O-])cc1Cl. The molecule has 3 rings (SSSR count). The van der Waals surface area contributed by atoms with E-state index in [2.05, 4.69) is 28.2 Å². The zero-order chi connectivity index (χ0) is 19.6. The van der Waals surface area contributed by atoms with Gasteiger partial charge in [-0.1, -0.05) is 11.6 Å². The molecule has 1 amide bonds. The summed E-state index contributed by atoms with van der Waals surface area (Å²) in [7, 11) is 2.12. The number of carbonyl (C=O) groups excluding carboxylic acids is 1. The number of amides is 1. The second-order valence-corrected chi connectivity index (χ2v) is 7.07. The van der Waals surface area contributed by atoms with Crippen LogP contribution in [-0.4, -0.2) is 49.0 Å². The maximum absolute atomic E-state index is 12.5. The van der Waals surface area contributed by atoms with Crippen LogP contribution in [0.2, 0.25) is 5.02 Å². The summed E-state index contributed by atoms with van der Waals surface area (Å²) >= 11 is 6.04. The van der Waals surface area contributed by atoms with Gasteiger partial charge >= 0.3 is 0 Å². The van der Waals surface area contributed by atoms with Crippen molar-refractivity contribution in [2.75, 3.05) is 43.4 Å². The van der Waals surface area contributed by atoms with E-state index in [-0.39, 0.29) is 16.3 Å². The van der Waals surface area contributed by atoms with Crippen LogP contribution in [0.1, 0.15) is 15.9 Å². The number of benzene rings is 2. The molecule has 0 saturated carbocycles. The molecule has 27 heavy (non-hydrogen) atoms. The number of hydrogen-bond donors (Lipinski definition) is 1. The number of rotatable bonds is 4. The predicted molar refractivity (Wildman–Crippen MR) is 107 cm³/mol. The fourth-order valence-electron chi connectivity index (χ4n) is 3.04. The Morgan fingerprint density at radius 2 is 1.85 bits per heavy atom. The van der Waals surface area contributed by atoms with E-state index in [0.29, 0.717) is 5.69 Å². The minimum absolute atomic E-state index is 0.0495. The Kier molecular flexibility index (Phi) is 5.62. The highest BCUT2D eigenvalue weighted by Crippen LogP contribution is 2.26.